The Hall–Kier alpha value is -1.19. The second kappa shape index (κ2) is 5.23. The van der Waals surface area contributed by atoms with Gasteiger partial charge < -0.3 is 5.73 Å². The number of benzene rings is 1. The van der Waals surface area contributed by atoms with Gasteiger partial charge in [0.2, 0.25) is 0 Å². The largest absolute Gasteiger partial charge is 0.329 e. The first-order chi connectivity index (χ1) is 7.81. The summed E-state index contributed by atoms with van der Waals surface area (Å²) in [4.78, 5) is 2.22. The van der Waals surface area contributed by atoms with Gasteiger partial charge in [-0.05, 0) is 12.5 Å². The lowest BCUT2D eigenvalue weighted by Gasteiger charge is -2.31. The van der Waals surface area contributed by atoms with E-state index in [9.17, 15) is 4.39 Å². The molecule has 1 heterocycles. The molecule has 1 atom stereocenters. The number of nitrogens with two attached hydrogens (primary N) is 1. The van der Waals surface area contributed by atoms with Crippen molar-refractivity contribution in [2.75, 3.05) is 13.1 Å². The van der Waals surface area contributed by atoms with Crippen molar-refractivity contribution in [2.45, 2.75) is 19.0 Å². The molecule has 0 radical (unpaired) electrons. The highest BCUT2D eigenvalue weighted by molar-refractivity contribution is 5.18. The van der Waals surface area contributed by atoms with E-state index in [1.807, 2.05) is 12.1 Å². The first kappa shape index (κ1) is 11.3. The fourth-order valence-electron chi connectivity index (χ4n) is 2.05. The Kier molecular flexibility index (Phi) is 3.70. The normalized spacial score (nSPS) is 21.2. The number of nitrogens with zero attached hydrogens (tertiary/aromatic N) is 1. The molecule has 1 aromatic carbocycles. The van der Waals surface area contributed by atoms with E-state index in [-0.39, 0.29) is 11.9 Å². The van der Waals surface area contributed by atoms with E-state index in [0.29, 0.717) is 13.1 Å². The summed E-state index contributed by atoms with van der Waals surface area (Å²) in [5.41, 5.74) is 6.45. The van der Waals surface area contributed by atoms with Gasteiger partial charge in [-0.3, -0.25) is 4.90 Å². The molecule has 0 aliphatic carbocycles. The van der Waals surface area contributed by atoms with Crippen molar-refractivity contribution < 1.29 is 4.39 Å². The standard InChI is InChI=1S/C13H17FN2/c14-13-7-2-1-5-11(13)10-16-8-4-3-6-12(16)9-15/h1-3,5-7,12H,4,8-10,15H2. The third-order valence-corrected chi connectivity index (χ3v) is 2.98. The summed E-state index contributed by atoms with van der Waals surface area (Å²) in [6.45, 7) is 2.18. The molecule has 86 valence electrons. The zero-order valence-electron chi connectivity index (χ0n) is 9.27. The van der Waals surface area contributed by atoms with Crippen LogP contribution in [0.4, 0.5) is 4.39 Å². The predicted octanol–water partition coefficient (Wildman–Crippen LogP) is 1.91. The van der Waals surface area contributed by atoms with E-state index in [0.717, 1.165) is 18.5 Å². The van der Waals surface area contributed by atoms with Crippen LogP contribution in [0.1, 0.15) is 12.0 Å². The average Bonchev–Trinajstić information content (AvgIpc) is 2.33. The van der Waals surface area contributed by atoms with E-state index < -0.39 is 0 Å². The maximum atomic E-state index is 13.5. The van der Waals surface area contributed by atoms with Gasteiger partial charge in [0, 0.05) is 31.2 Å². The van der Waals surface area contributed by atoms with Gasteiger partial charge in [0.15, 0.2) is 0 Å². The topological polar surface area (TPSA) is 29.3 Å². The molecule has 2 N–H and O–H groups in total. The van der Waals surface area contributed by atoms with Crippen LogP contribution in [0.5, 0.6) is 0 Å². The minimum Gasteiger partial charge on any atom is -0.329 e. The second-order valence-corrected chi connectivity index (χ2v) is 4.08. The molecule has 3 heteroatoms. The molecule has 0 saturated carbocycles. The Balaban J connectivity index is 2.09. The molecule has 1 unspecified atom stereocenters. The molecule has 1 aromatic rings. The summed E-state index contributed by atoms with van der Waals surface area (Å²) >= 11 is 0. The summed E-state index contributed by atoms with van der Waals surface area (Å²) in [5, 5.41) is 0. The highest BCUT2D eigenvalue weighted by Gasteiger charge is 2.18. The Labute approximate surface area is 95.6 Å². The lowest BCUT2D eigenvalue weighted by Crippen LogP contribution is -2.41. The smallest absolute Gasteiger partial charge is 0.127 e. The molecule has 0 fully saturated rings. The maximum Gasteiger partial charge on any atom is 0.127 e. The van der Waals surface area contributed by atoms with Gasteiger partial charge in [-0.2, -0.15) is 0 Å². The quantitative estimate of drug-likeness (QED) is 0.788. The minimum absolute atomic E-state index is 0.132. The van der Waals surface area contributed by atoms with Gasteiger partial charge in [0.25, 0.3) is 0 Å². The van der Waals surface area contributed by atoms with Gasteiger partial charge in [0.1, 0.15) is 5.82 Å². The molecular weight excluding hydrogens is 203 g/mol. The lowest BCUT2D eigenvalue weighted by molar-refractivity contribution is 0.216. The van der Waals surface area contributed by atoms with Crippen molar-refractivity contribution in [1.29, 1.82) is 0 Å². The van der Waals surface area contributed by atoms with Crippen LogP contribution in [0.25, 0.3) is 0 Å². The highest BCUT2D eigenvalue weighted by atomic mass is 19.1. The van der Waals surface area contributed by atoms with Crippen molar-refractivity contribution in [2.24, 2.45) is 5.73 Å². The monoisotopic (exact) mass is 220 g/mol. The average molecular weight is 220 g/mol. The molecule has 16 heavy (non-hydrogen) atoms. The SMILES string of the molecule is NCC1C=CCCN1Cc1ccccc1F. The summed E-state index contributed by atoms with van der Waals surface area (Å²) in [6.07, 6.45) is 5.28. The Morgan fingerprint density at radius 2 is 2.19 bits per heavy atom. The molecule has 2 rings (SSSR count). The summed E-state index contributed by atoms with van der Waals surface area (Å²) in [6, 6.07) is 7.17. The second-order valence-electron chi connectivity index (χ2n) is 4.08. The first-order valence-corrected chi connectivity index (χ1v) is 5.65. The van der Waals surface area contributed by atoms with E-state index in [1.54, 1.807) is 6.07 Å². The zero-order chi connectivity index (χ0) is 11.4. The van der Waals surface area contributed by atoms with Crippen molar-refractivity contribution >= 4 is 0 Å². The van der Waals surface area contributed by atoms with E-state index in [1.165, 1.54) is 6.07 Å². The van der Waals surface area contributed by atoms with Gasteiger partial charge in [-0.15, -0.1) is 0 Å². The number of hydrogen-bond acceptors (Lipinski definition) is 2. The lowest BCUT2D eigenvalue weighted by atomic mass is 10.1. The third-order valence-electron chi connectivity index (χ3n) is 2.98. The fourth-order valence-corrected chi connectivity index (χ4v) is 2.05. The minimum atomic E-state index is -0.132. The summed E-state index contributed by atoms with van der Waals surface area (Å²) in [5.74, 6) is -0.132. The molecule has 0 amide bonds. The van der Waals surface area contributed by atoms with Crippen molar-refractivity contribution in [3.63, 3.8) is 0 Å². The molecule has 0 saturated heterocycles. The number of halogens is 1. The van der Waals surface area contributed by atoms with Crippen LogP contribution in [-0.4, -0.2) is 24.0 Å². The number of rotatable bonds is 3. The number of hydrogen-bond donors (Lipinski definition) is 1. The Morgan fingerprint density at radius 1 is 1.38 bits per heavy atom. The third kappa shape index (κ3) is 2.49. The molecular formula is C13H17FN2. The van der Waals surface area contributed by atoms with Crippen molar-refractivity contribution in [3.8, 4) is 0 Å². The zero-order valence-corrected chi connectivity index (χ0v) is 9.27. The Bertz CT molecular complexity index is 376. The van der Waals surface area contributed by atoms with Gasteiger partial charge >= 0.3 is 0 Å². The van der Waals surface area contributed by atoms with Crippen LogP contribution in [0.2, 0.25) is 0 Å². The van der Waals surface area contributed by atoms with Gasteiger partial charge in [-0.25, -0.2) is 4.39 Å². The fraction of sp³-hybridized carbons (Fsp3) is 0.385. The van der Waals surface area contributed by atoms with Crippen LogP contribution < -0.4 is 5.73 Å². The van der Waals surface area contributed by atoms with E-state index in [2.05, 4.69) is 17.1 Å². The van der Waals surface area contributed by atoms with Gasteiger partial charge in [0.05, 0.1) is 0 Å². The molecule has 0 spiro atoms. The predicted molar refractivity (Wildman–Crippen MR) is 63.4 cm³/mol. The molecule has 1 aliphatic heterocycles. The van der Waals surface area contributed by atoms with Crippen LogP contribution in [0.15, 0.2) is 36.4 Å². The van der Waals surface area contributed by atoms with Gasteiger partial charge in [-0.1, -0.05) is 30.4 Å². The van der Waals surface area contributed by atoms with Crippen LogP contribution in [0, 0.1) is 5.82 Å². The first-order valence-electron chi connectivity index (χ1n) is 5.65. The van der Waals surface area contributed by atoms with Crippen LogP contribution in [-0.2, 0) is 6.54 Å². The molecule has 0 aromatic heterocycles. The van der Waals surface area contributed by atoms with Crippen molar-refractivity contribution in [3.05, 3.63) is 47.8 Å². The molecule has 0 bridgehead atoms. The Morgan fingerprint density at radius 3 is 2.94 bits per heavy atom. The van der Waals surface area contributed by atoms with Crippen LogP contribution >= 0.6 is 0 Å². The molecule has 2 nitrogen and oxygen atoms in total. The van der Waals surface area contributed by atoms with Crippen molar-refractivity contribution in [1.82, 2.24) is 4.90 Å². The van der Waals surface area contributed by atoms with E-state index >= 15 is 0 Å². The highest BCUT2D eigenvalue weighted by Crippen LogP contribution is 2.15. The summed E-state index contributed by atoms with van der Waals surface area (Å²) < 4.78 is 13.5. The summed E-state index contributed by atoms with van der Waals surface area (Å²) in [7, 11) is 0. The maximum absolute atomic E-state index is 13.5. The van der Waals surface area contributed by atoms with Crippen LogP contribution in [0.3, 0.4) is 0 Å². The molecule has 1 aliphatic rings. The van der Waals surface area contributed by atoms with E-state index in [4.69, 9.17) is 5.73 Å².